The number of hydrogen-bond acceptors (Lipinski definition) is 6. The first-order valence-electron chi connectivity index (χ1n) is 10.6. The van der Waals surface area contributed by atoms with Crippen LogP contribution in [0.25, 0.3) is 10.2 Å². The van der Waals surface area contributed by atoms with Gasteiger partial charge in [-0.15, -0.1) is 11.3 Å². The number of carbonyl (C=O) groups excluding carboxylic acids is 1. The molecule has 156 valence electrons. The molecule has 2 unspecified atom stereocenters. The average molecular weight is 422 g/mol. The normalized spacial score (nSPS) is 20.6. The number of nitrogen functional groups attached to an aromatic ring is 1. The third kappa shape index (κ3) is 3.52. The van der Waals surface area contributed by atoms with E-state index in [1.54, 1.807) is 0 Å². The topological polar surface area (TPSA) is 83.3 Å². The van der Waals surface area contributed by atoms with Gasteiger partial charge in [-0.25, -0.2) is 4.98 Å². The average Bonchev–Trinajstić information content (AvgIpc) is 3.43. The molecule has 5 rings (SSSR count). The molecule has 6 nitrogen and oxygen atoms in total. The summed E-state index contributed by atoms with van der Waals surface area (Å²) in [6.07, 6.45) is 2.07. The van der Waals surface area contributed by atoms with E-state index in [2.05, 4.69) is 44.8 Å². The Labute approximate surface area is 180 Å². The summed E-state index contributed by atoms with van der Waals surface area (Å²) in [5.74, 6) is 0.668. The van der Waals surface area contributed by atoms with Gasteiger partial charge in [0.15, 0.2) is 0 Å². The van der Waals surface area contributed by atoms with Gasteiger partial charge in [0.05, 0.1) is 5.69 Å². The molecule has 7 heteroatoms. The molecule has 2 saturated heterocycles. The van der Waals surface area contributed by atoms with Gasteiger partial charge in [-0.2, -0.15) is 0 Å². The van der Waals surface area contributed by atoms with Gasteiger partial charge < -0.3 is 21.3 Å². The Bertz CT molecular complexity index is 1080. The van der Waals surface area contributed by atoms with Crippen LogP contribution >= 0.6 is 11.3 Å². The molecular weight excluding hydrogens is 394 g/mol. The van der Waals surface area contributed by atoms with Crippen molar-refractivity contribution in [3.8, 4) is 0 Å². The van der Waals surface area contributed by atoms with E-state index in [1.807, 2.05) is 19.1 Å². The van der Waals surface area contributed by atoms with E-state index in [9.17, 15) is 4.79 Å². The Kier molecular flexibility index (Phi) is 5.08. The van der Waals surface area contributed by atoms with E-state index in [-0.39, 0.29) is 5.91 Å². The van der Waals surface area contributed by atoms with Crippen LogP contribution in [0.5, 0.6) is 0 Å². The van der Waals surface area contributed by atoms with Gasteiger partial charge in [-0.3, -0.25) is 4.79 Å². The standard InChI is InChI=1S/C23H27N5OS/c1-14-2-7-18-20(24)21(30-23(18)27-14)22(29)26-10-8-15-3-5-17(6-4-15)28-11-9-16-12-25-13-19(16)28/h2-7,16,19,25H,8-13,24H2,1H3,(H,26,29). The third-order valence-corrected chi connectivity index (χ3v) is 7.47. The second-order valence-corrected chi connectivity index (χ2v) is 9.29. The molecule has 0 radical (unpaired) electrons. The van der Waals surface area contributed by atoms with Gasteiger partial charge in [0.25, 0.3) is 5.91 Å². The first-order valence-corrected chi connectivity index (χ1v) is 11.4. The van der Waals surface area contributed by atoms with Crippen molar-refractivity contribution in [1.82, 2.24) is 15.6 Å². The summed E-state index contributed by atoms with van der Waals surface area (Å²) in [7, 11) is 0. The largest absolute Gasteiger partial charge is 0.397 e. The molecule has 4 heterocycles. The van der Waals surface area contributed by atoms with Crippen LogP contribution in [0.3, 0.4) is 0 Å². The van der Waals surface area contributed by atoms with E-state index in [0.717, 1.165) is 47.9 Å². The van der Waals surface area contributed by atoms with Crippen molar-refractivity contribution >= 4 is 38.8 Å². The minimum absolute atomic E-state index is 0.124. The van der Waals surface area contributed by atoms with Crippen LogP contribution in [0.1, 0.15) is 27.3 Å². The summed E-state index contributed by atoms with van der Waals surface area (Å²) in [6, 6.07) is 13.3. The van der Waals surface area contributed by atoms with Crippen LogP contribution in [0.2, 0.25) is 0 Å². The van der Waals surface area contributed by atoms with Crippen LogP contribution in [-0.2, 0) is 6.42 Å². The molecule has 0 bridgehead atoms. The fourth-order valence-corrected chi connectivity index (χ4v) is 5.74. The lowest BCUT2D eigenvalue weighted by atomic mass is 10.0. The highest BCUT2D eigenvalue weighted by molar-refractivity contribution is 7.21. The second-order valence-electron chi connectivity index (χ2n) is 8.29. The number of pyridine rings is 1. The van der Waals surface area contributed by atoms with Crippen LogP contribution < -0.4 is 21.3 Å². The number of carbonyl (C=O) groups is 1. The molecular formula is C23H27N5OS. The summed E-state index contributed by atoms with van der Waals surface area (Å²) in [5, 5.41) is 7.37. The van der Waals surface area contributed by atoms with Gasteiger partial charge in [-0.1, -0.05) is 12.1 Å². The van der Waals surface area contributed by atoms with Gasteiger partial charge >= 0.3 is 0 Å². The van der Waals surface area contributed by atoms with Crippen LogP contribution in [0.4, 0.5) is 11.4 Å². The number of anilines is 2. The van der Waals surface area contributed by atoms with Crippen molar-refractivity contribution in [2.75, 3.05) is 36.8 Å². The van der Waals surface area contributed by atoms with E-state index < -0.39 is 0 Å². The Morgan fingerprint density at radius 2 is 2.10 bits per heavy atom. The number of nitrogens with one attached hydrogen (secondary N) is 2. The van der Waals surface area contributed by atoms with Crippen molar-refractivity contribution in [3.05, 3.63) is 52.5 Å². The Morgan fingerprint density at radius 1 is 1.27 bits per heavy atom. The van der Waals surface area contributed by atoms with Crippen molar-refractivity contribution in [3.63, 3.8) is 0 Å². The van der Waals surface area contributed by atoms with E-state index in [4.69, 9.17) is 5.73 Å². The summed E-state index contributed by atoms with van der Waals surface area (Å²) >= 11 is 1.36. The van der Waals surface area contributed by atoms with Crippen LogP contribution in [0.15, 0.2) is 36.4 Å². The maximum Gasteiger partial charge on any atom is 0.263 e. The zero-order valence-electron chi connectivity index (χ0n) is 17.1. The highest BCUT2D eigenvalue weighted by Gasteiger charge is 2.37. The van der Waals surface area contributed by atoms with E-state index >= 15 is 0 Å². The molecule has 1 aromatic carbocycles. The first kappa shape index (κ1) is 19.3. The highest BCUT2D eigenvalue weighted by Crippen LogP contribution is 2.33. The molecule has 2 fully saturated rings. The maximum atomic E-state index is 12.6. The predicted molar refractivity (Wildman–Crippen MR) is 123 cm³/mol. The van der Waals surface area contributed by atoms with Gasteiger partial charge in [-0.05, 0) is 55.5 Å². The zero-order valence-corrected chi connectivity index (χ0v) is 18.0. The number of benzene rings is 1. The Balaban J connectivity index is 1.19. The third-order valence-electron chi connectivity index (χ3n) is 6.35. The number of amides is 1. The molecule has 1 amide bonds. The lowest BCUT2D eigenvalue weighted by Crippen LogP contribution is -2.34. The fourth-order valence-electron chi connectivity index (χ4n) is 4.68. The number of hydrogen-bond donors (Lipinski definition) is 3. The van der Waals surface area contributed by atoms with Crippen molar-refractivity contribution < 1.29 is 4.79 Å². The van der Waals surface area contributed by atoms with Crippen molar-refractivity contribution in [1.29, 1.82) is 0 Å². The number of aryl methyl sites for hydroxylation is 1. The smallest absolute Gasteiger partial charge is 0.263 e. The summed E-state index contributed by atoms with van der Waals surface area (Å²) in [4.78, 5) is 21.0. The molecule has 2 aromatic heterocycles. The summed E-state index contributed by atoms with van der Waals surface area (Å²) in [5.41, 5.74) is 10.2. The maximum absolute atomic E-state index is 12.6. The first-order chi connectivity index (χ1) is 14.6. The fraction of sp³-hybridized carbons (Fsp3) is 0.391. The van der Waals surface area contributed by atoms with E-state index in [1.165, 1.54) is 29.0 Å². The Morgan fingerprint density at radius 3 is 2.93 bits per heavy atom. The number of rotatable bonds is 5. The molecule has 2 aliphatic rings. The minimum atomic E-state index is -0.124. The van der Waals surface area contributed by atoms with E-state index in [0.29, 0.717) is 23.2 Å². The molecule has 3 aromatic rings. The Hall–Kier alpha value is -2.64. The minimum Gasteiger partial charge on any atom is -0.397 e. The van der Waals surface area contributed by atoms with Crippen molar-refractivity contribution in [2.24, 2.45) is 5.92 Å². The highest BCUT2D eigenvalue weighted by atomic mass is 32.1. The van der Waals surface area contributed by atoms with Gasteiger partial charge in [0, 0.05) is 49.0 Å². The number of thiophene rings is 1. The monoisotopic (exact) mass is 421 g/mol. The van der Waals surface area contributed by atoms with Crippen LogP contribution in [-0.4, -0.2) is 43.1 Å². The number of nitrogens with two attached hydrogens (primary N) is 1. The lowest BCUT2D eigenvalue weighted by Gasteiger charge is -2.25. The summed E-state index contributed by atoms with van der Waals surface area (Å²) in [6.45, 7) is 5.91. The predicted octanol–water partition coefficient (Wildman–Crippen LogP) is 2.96. The molecule has 2 aliphatic heterocycles. The summed E-state index contributed by atoms with van der Waals surface area (Å²) < 4.78 is 0. The van der Waals surface area contributed by atoms with Gasteiger partial charge in [0.2, 0.25) is 0 Å². The number of nitrogens with zero attached hydrogens (tertiary/aromatic N) is 2. The molecule has 30 heavy (non-hydrogen) atoms. The van der Waals surface area contributed by atoms with Crippen LogP contribution in [0, 0.1) is 12.8 Å². The number of fused-ring (bicyclic) bond motifs is 2. The molecule has 0 saturated carbocycles. The molecule has 2 atom stereocenters. The quantitative estimate of drug-likeness (QED) is 0.590. The SMILES string of the molecule is Cc1ccc2c(N)c(C(=O)NCCc3ccc(N4CCC5CNCC54)cc3)sc2n1. The second kappa shape index (κ2) is 7.89. The van der Waals surface area contributed by atoms with Gasteiger partial charge in [0.1, 0.15) is 9.71 Å². The number of aromatic nitrogens is 1. The molecule has 0 spiro atoms. The molecule has 0 aliphatic carbocycles. The lowest BCUT2D eigenvalue weighted by molar-refractivity contribution is 0.0959. The molecule has 4 N–H and O–H groups in total. The zero-order chi connectivity index (χ0) is 20.7. The van der Waals surface area contributed by atoms with Crippen molar-refractivity contribution in [2.45, 2.75) is 25.8 Å².